The van der Waals surface area contributed by atoms with E-state index in [0.29, 0.717) is 0 Å². The van der Waals surface area contributed by atoms with Gasteiger partial charge in [0.1, 0.15) is 11.9 Å². The van der Waals surface area contributed by atoms with E-state index in [4.69, 9.17) is 4.74 Å². The summed E-state index contributed by atoms with van der Waals surface area (Å²) < 4.78 is 5.83. The summed E-state index contributed by atoms with van der Waals surface area (Å²) in [6.45, 7) is 3.92. The highest BCUT2D eigenvalue weighted by atomic mass is 16.5. The molecular formula is C14H21NO2. The van der Waals surface area contributed by atoms with Gasteiger partial charge in [0, 0.05) is 6.54 Å². The van der Waals surface area contributed by atoms with Crippen molar-refractivity contribution in [3.8, 4) is 5.75 Å². The zero-order valence-corrected chi connectivity index (χ0v) is 10.4. The summed E-state index contributed by atoms with van der Waals surface area (Å²) in [7, 11) is 0. The van der Waals surface area contributed by atoms with Crippen LogP contribution in [0, 0.1) is 0 Å². The minimum Gasteiger partial charge on any atom is -0.488 e. The van der Waals surface area contributed by atoms with Gasteiger partial charge in [-0.15, -0.1) is 0 Å². The molecule has 0 aliphatic heterocycles. The van der Waals surface area contributed by atoms with Crippen molar-refractivity contribution >= 4 is 0 Å². The van der Waals surface area contributed by atoms with Crippen LogP contribution in [0.2, 0.25) is 0 Å². The van der Waals surface area contributed by atoms with E-state index in [0.717, 1.165) is 38.1 Å². The van der Waals surface area contributed by atoms with Crippen LogP contribution in [0.4, 0.5) is 0 Å². The van der Waals surface area contributed by atoms with E-state index in [-0.39, 0.29) is 12.2 Å². The molecule has 1 aliphatic carbocycles. The summed E-state index contributed by atoms with van der Waals surface area (Å²) in [6.07, 6.45) is 2.56. The van der Waals surface area contributed by atoms with Gasteiger partial charge in [-0.3, -0.25) is 0 Å². The Morgan fingerprint density at radius 2 is 2.29 bits per heavy atom. The van der Waals surface area contributed by atoms with Gasteiger partial charge in [0.25, 0.3) is 0 Å². The number of aliphatic hydroxyl groups excluding tert-OH is 1. The van der Waals surface area contributed by atoms with Crippen molar-refractivity contribution < 1.29 is 9.84 Å². The van der Waals surface area contributed by atoms with Gasteiger partial charge in [0.2, 0.25) is 0 Å². The van der Waals surface area contributed by atoms with Crippen molar-refractivity contribution in [3.05, 3.63) is 29.8 Å². The lowest BCUT2D eigenvalue weighted by atomic mass is 10.2. The molecule has 94 valence electrons. The first-order valence-corrected chi connectivity index (χ1v) is 6.44. The average molecular weight is 235 g/mol. The molecule has 0 radical (unpaired) electrons. The summed E-state index contributed by atoms with van der Waals surface area (Å²) >= 11 is 0. The standard InChI is InChI=1S/C14H21NO2/c1-2-15-10-11-5-3-6-12(9-11)17-14-8-4-7-13(14)16/h3,5-6,9,13-16H,2,4,7-8,10H2,1H3. The predicted octanol–water partition coefficient (Wildman–Crippen LogP) is 2.09. The Morgan fingerprint density at radius 1 is 1.41 bits per heavy atom. The smallest absolute Gasteiger partial charge is 0.124 e. The molecule has 1 fully saturated rings. The Balaban J connectivity index is 1.95. The first-order chi connectivity index (χ1) is 8.29. The summed E-state index contributed by atoms with van der Waals surface area (Å²) in [5.74, 6) is 0.867. The van der Waals surface area contributed by atoms with Crippen LogP contribution in [0.25, 0.3) is 0 Å². The van der Waals surface area contributed by atoms with E-state index in [1.807, 2.05) is 18.2 Å². The lowest BCUT2D eigenvalue weighted by Gasteiger charge is -2.17. The molecule has 3 nitrogen and oxygen atoms in total. The molecule has 0 spiro atoms. The van der Waals surface area contributed by atoms with Crippen molar-refractivity contribution in [2.75, 3.05) is 6.54 Å². The minimum absolute atomic E-state index is 0.0237. The van der Waals surface area contributed by atoms with Gasteiger partial charge in [-0.1, -0.05) is 19.1 Å². The zero-order valence-electron chi connectivity index (χ0n) is 10.4. The van der Waals surface area contributed by atoms with Gasteiger partial charge in [0.15, 0.2) is 0 Å². The van der Waals surface area contributed by atoms with Gasteiger partial charge >= 0.3 is 0 Å². The van der Waals surface area contributed by atoms with E-state index in [1.54, 1.807) is 0 Å². The van der Waals surface area contributed by atoms with Crippen LogP contribution < -0.4 is 10.1 Å². The molecular weight excluding hydrogens is 214 g/mol. The highest BCUT2D eigenvalue weighted by Gasteiger charge is 2.26. The van der Waals surface area contributed by atoms with Gasteiger partial charge in [-0.05, 0) is 43.5 Å². The highest BCUT2D eigenvalue weighted by Crippen LogP contribution is 2.25. The second kappa shape index (κ2) is 6.03. The fraction of sp³-hybridized carbons (Fsp3) is 0.571. The fourth-order valence-corrected chi connectivity index (χ4v) is 2.22. The molecule has 1 saturated carbocycles. The van der Waals surface area contributed by atoms with Crippen LogP contribution in [-0.2, 0) is 6.54 Å². The van der Waals surface area contributed by atoms with E-state index in [9.17, 15) is 5.11 Å². The number of ether oxygens (including phenoxy) is 1. The van der Waals surface area contributed by atoms with E-state index < -0.39 is 0 Å². The third-order valence-corrected chi connectivity index (χ3v) is 3.18. The Kier molecular flexibility index (Phi) is 4.40. The number of benzene rings is 1. The molecule has 0 amide bonds. The van der Waals surface area contributed by atoms with E-state index >= 15 is 0 Å². The second-order valence-electron chi connectivity index (χ2n) is 4.58. The normalized spacial score (nSPS) is 23.9. The van der Waals surface area contributed by atoms with Crippen molar-refractivity contribution in [1.29, 1.82) is 0 Å². The molecule has 17 heavy (non-hydrogen) atoms. The predicted molar refractivity (Wildman–Crippen MR) is 68.1 cm³/mol. The molecule has 2 rings (SSSR count). The van der Waals surface area contributed by atoms with Crippen molar-refractivity contribution in [2.45, 2.75) is 44.9 Å². The van der Waals surface area contributed by atoms with Crippen LogP contribution in [0.15, 0.2) is 24.3 Å². The van der Waals surface area contributed by atoms with Gasteiger partial charge < -0.3 is 15.2 Å². The van der Waals surface area contributed by atoms with Crippen LogP contribution in [-0.4, -0.2) is 23.9 Å². The molecule has 1 aromatic rings. The molecule has 0 heterocycles. The number of hydrogen-bond acceptors (Lipinski definition) is 3. The monoisotopic (exact) mass is 235 g/mol. The first-order valence-electron chi connectivity index (χ1n) is 6.44. The fourth-order valence-electron chi connectivity index (χ4n) is 2.22. The zero-order chi connectivity index (χ0) is 12.1. The number of nitrogens with one attached hydrogen (secondary N) is 1. The molecule has 2 N–H and O–H groups in total. The van der Waals surface area contributed by atoms with Crippen molar-refractivity contribution in [3.63, 3.8) is 0 Å². The van der Waals surface area contributed by atoms with E-state index in [2.05, 4.69) is 18.3 Å². The molecule has 0 bridgehead atoms. The average Bonchev–Trinajstić information content (AvgIpc) is 2.73. The van der Waals surface area contributed by atoms with E-state index in [1.165, 1.54) is 5.56 Å². The molecule has 2 atom stereocenters. The summed E-state index contributed by atoms with van der Waals surface area (Å²) in [5.41, 5.74) is 1.22. The van der Waals surface area contributed by atoms with Crippen molar-refractivity contribution in [1.82, 2.24) is 5.32 Å². The van der Waals surface area contributed by atoms with Crippen LogP contribution in [0.5, 0.6) is 5.75 Å². The number of aliphatic hydroxyl groups is 1. The number of hydrogen-bond donors (Lipinski definition) is 2. The van der Waals surface area contributed by atoms with Gasteiger partial charge in [0.05, 0.1) is 6.10 Å². The molecule has 0 aromatic heterocycles. The molecule has 1 aromatic carbocycles. The number of rotatable bonds is 5. The molecule has 2 unspecified atom stereocenters. The Bertz CT molecular complexity index is 354. The quantitative estimate of drug-likeness (QED) is 0.821. The Labute approximate surface area is 103 Å². The van der Waals surface area contributed by atoms with Gasteiger partial charge in [-0.2, -0.15) is 0 Å². The maximum absolute atomic E-state index is 9.72. The first kappa shape index (κ1) is 12.4. The molecule has 1 aliphatic rings. The van der Waals surface area contributed by atoms with Crippen molar-refractivity contribution in [2.24, 2.45) is 0 Å². The third-order valence-electron chi connectivity index (χ3n) is 3.18. The topological polar surface area (TPSA) is 41.5 Å². The largest absolute Gasteiger partial charge is 0.488 e. The lowest BCUT2D eigenvalue weighted by Crippen LogP contribution is -2.25. The van der Waals surface area contributed by atoms with Crippen LogP contribution in [0.3, 0.4) is 0 Å². The summed E-state index contributed by atoms with van der Waals surface area (Å²) in [6, 6.07) is 8.10. The molecule has 3 heteroatoms. The SMILES string of the molecule is CCNCc1cccc(OC2CCCC2O)c1. The van der Waals surface area contributed by atoms with Crippen LogP contribution in [0.1, 0.15) is 31.7 Å². The minimum atomic E-state index is -0.299. The second-order valence-corrected chi connectivity index (χ2v) is 4.58. The maximum Gasteiger partial charge on any atom is 0.124 e. The Morgan fingerprint density at radius 3 is 3.00 bits per heavy atom. The Hall–Kier alpha value is -1.06. The maximum atomic E-state index is 9.72. The molecule has 0 saturated heterocycles. The third kappa shape index (κ3) is 3.45. The lowest BCUT2D eigenvalue weighted by molar-refractivity contribution is 0.0603. The summed E-state index contributed by atoms with van der Waals surface area (Å²) in [5, 5.41) is 13.0. The summed E-state index contributed by atoms with van der Waals surface area (Å²) in [4.78, 5) is 0. The highest BCUT2D eigenvalue weighted by molar-refractivity contribution is 5.28. The van der Waals surface area contributed by atoms with Crippen LogP contribution >= 0.6 is 0 Å². The van der Waals surface area contributed by atoms with Gasteiger partial charge in [-0.25, -0.2) is 0 Å².